The molecule has 1 unspecified atom stereocenters. The number of benzene rings is 1. The van der Waals surface area contributed by atoms with Gasteiger partial charge in [0.2, 0.25) is 0 Å². The third kappa shape index (κ3) is 4.91. The van der Waals surface area contributed by atoms with Crippen LogP contribution in [0.5, 0.6) is 0 Å². The Labute approximate surface area is 126 Å². The van der Waals surface area contributed by atoms with Crippen molar-refractivity contribution in [1.29, 1.82) is 0 Å². The maximum atomic E-state index is 12.7. The summed E-state index contributed by atoms with van der Waals surface area (Å²) in [5.74, 6) is 1.26. The van der Waals surface area contributed by atoms with Crippen LogP contribution in [0.3, 0.4) is 0 Å². The molecule has 0 spiro atoms. The van der Waals surface area contributed by atoms with E-state index in [-0.39, 0.29) is 15.6 Å². The number of alkyl halides is 6. The van der Waals surface area contributed by atoms with Crippen LogP contribution in [0.25, 0.3) is 0 Å². The second kappa shape index (κ2) is 6.60. The molecule has 0 aliphatic carbocycles. The van der Waals surface area contributed by atoms with Gasteiger partial charge in [-0.05, 0) is 30.2 Å². The summed E-state index contributed by atoms with van der Waals surface area (Å²) < 4.78 is 76.0. The van der Waals surface area contributed by atoms with Crippen molar-refractivity contribution < 1.29 is 26.3 Å². The molecule has 0 saturated carbocycles. The molecule has 0 aromatic heterocycles. The lowest BCUT2D eigenvalue weighted by molar-refractivity contribution is -0.291. The molecule has 0 heterocycles. The third-order valence-electron chi connectivity index (χ3n) is 2.77. The Balaban J connectivity index is 3.13. The largest absolute Gasteiger partial charge is 0.402 e. The summed E-state index contributed by atoms with van der Waals surface area (Å²) in [6.07, 6.45) is -11.7. The van der Waals surface area contributed by atoms with Crippen LogP contribution < -0.4 is 11.3 Å². The summed E-state index contributed by atoms with van der Waals surface area (Å²) in [5.41, 5.74) is 1.60. The highest BCUT2D eigenvalue weighted by Gasteiger charge is 2.60. The van der Waals surface area contributed by atoms with E-state index in [4.69, 9.17) is 29.0 Å². The van der Waals surface area contributed by atoms with E-state index in [2.05, 4.69) is 0 Å². The molecule has 0 saturated heterocycles. The van der Waals surface area contributed by atoms with Gasteiger partial charge in [-0.25, -0.2) is 0 Å². The van der Waals surface area contributed by atoms with Crippen LogP contribution >= 0.6 is 23.2 Å². The molecule has 2 nitrogen and oxygen atoms in total. The third-order valence-corrected chi connectivity index (χ3v) is 3.37. The van der Waals surface area contributed by atoms with Crippen LogP contribution in [-0.4, -0.2) is 18.4 Å². The highest BCUT2D eigenvalue weighted by molar-refractivity contribution is 6.33. The van der Waals surface area contributed by atoms with Crippen LogP contribution in [0.15, 0.2) is 18.2 Å². The lowest BCUT2D eigenvalue weighted by atomic mass is 9.92. The Kier molecular flexibility index (Phi) is 5.76. The van der Waals surface area contributed by atoms with E-state index in [9.17, 15) is 26.3 Å². The number of halogens is 8. The average molecular weight is 355 g/mol. The first kappa shape index (κ1) is 18.3. The van der Waals surface area contributed by atoms with Gasteiger partial charge in [-0.3, -0.25) is 11.3 Å². The molecule has 10 heteroatoms. The van der Waals surface area contributed by atoms with E-state index in [0.29, 0.717) is 0 Å². The van der Waals surface area contributed by atoms with Gasteiger partial charge in [0.05, 0.1) is 0 Å². The maximum Gasteiger partial charge on any atom is 0.402 e. The second-order valence-electron chi connectivity index (χ2n) is 4.27. The van der Waals surface area contributed by atoms with Gasteiger partial charge in [0.25, 0.3) is 0 Å². The predicted octanol–water partition coefficient (Wildman–Crippen LogP) is 4.11. The summed E-state index contributed by atoms with van der Waals surface area (Å²) in [4.78, 5) is 0. The zero-order valence-electron chi connectivity index (χ0n) is 10.2. The number of nitrogens with one attached hydrogen (secondary N) is 1. The van der Waals surface area contributed by atoms with Crippen molar-refractivity contribution in [3.8, 4) is 0 Å². The number of rotatable bonds is 4. The SMILES string of the molecule is NNC(Cc1cc(Cl)ccc1Cl)C(C(F)(F)F)C(F)(F)F. The van der Waals surface area contributed by atoms with Gasteiger partial charge in [-0.2, -0.15) is 26.3 Å². The molecule has 0 fully saturated rings. The number of nitrogens with two attached hydrogens (primary N) is 1. The smallest absolute Gasteiger partial charge is 0.271 e. The summed E-state index contributed by atoms with van der Waals surface area (Å²) >= 11 is 11.4. The highest BCUT2D eigenvalue weighted by atomic mass is 35.5. The zero-order valence-corrected chi connectivity index (χ0v) is 11.7. The standard InChI is InChI=1S/C11H10Cl2F6N2/c12-6-1-2-7(13)5(3-6)4-8(21-20)9(10(14,15)16)11(17,18)19/h1-3,8-9,21H,4,20H2. The molecule has 3 N–H and O–H groups in total. The fraction of sp³-hybridized carbons (Fsp3) is 0.455. The molecular weight excluding hydrogens is 345 g/mol. The number of hydrogen-bond donors (Lipinski definition) is 2. The molecule has 1 aromatic rings. The van der Waals surface area contributed by atoms with Crippen molar-refractivity contribution in [2.45, 2.75) is 24.8 Å². The van der Waals surface area contributed by atoms with Crippen LogP contribution in [0, 0.1) is 5.92 Å². The first-order chi connectivity index (χ1) is 9.46. The molecule has 0 radical (unpaired) electrons. The lowest BCUT2D eigenvalue weighted by Gasteiger charge is -2.30. The van der Waals surface area contributed by atoms with Crippen LogP contribution in [0.2, 0.25) is 10.0 Å². The predicted molar refractivity (Wildman–Crippen MR) is 66.9 cm³/mol. The van der Waals surface area contributed by atoms with Gasteiger partial charge in [-0.15, -0.1) is 0 Å². The van der Waals surface area contributed by atoms with E-state index >= 15 is 0 Å². The molecule has 1 atom stereocenters. The lowest BCUT2D eigenvalue weighted by Crippen LogP contribution is -2.54. The summed E-state index contributed by atoms with van der Waals surface area (Å²) in [7, 11) is 0. The van der Waals surface area contributed by atoms with Gasteiger partial charge in [0.1, 0.15) is 0 Å². The van der Waals surface area contributed by atoms with Crippen molar-refractivity contribution in [3.05, 3.63) is 33.8 Å². The van der Waals surface area contributed by atoms with Gasteiger partial charge >= 0.3 is 12.4 Å². The minimum Gasteiger partial charge on any atom is -0.271 e. The number of hydrazine groups is 1. The topological polar surface area (TPSA) is 38.0 Å². The van der Waals surface area contributed by atoms with Crippen molar-refractivity contribution in [3.63, 3.8) is 0 Å². The van der Waals surface area contributed by atoms with Crippen molar-refractivity contribution >= 4 is 23.2 Å². The van der Waals surface area contributed by atoms with Gasteiger partial charge in [0.15, 0.2) is 5.92 Å². The quantitative estimate of drug-likeness (QED) is 0.485. The Morgan fingerprint density at radius 1 is 1.05 bits per heavy atom. The van der Waals surface area contributed by atoms with Crippen LogP contribution in [0.4, 0.5) is 26.3 Å². The molecule has 0 aliphatic rings. The van der Waals surface area contributed by atoms with E-state index in [1.54, 1.807) is 5.43 Å². The first-order valence-electron chi connectivity index (χ1n) is 5.50. The summed E-state index contributed by atoms with van der Waals surface area (Å²) in [6, 6.07) is 1.71. The van der Waals surface area contributed by atoms with Crippen LogP contribution in [0.1, 0.15) is 5.56 Å². The minimum absolute atomic E-state index is 0.00255. The zero-order chi connectivity index (χ0) is 16.4. The van der Waals surface area contributed by atoms with Gasteiger partial charge in [-0.1, -0.05) is 23.2 Å². The number of hydrogen-bond acceptors (Lipinski definition) is 2. The molecule has 21 heavy (non-hydrogen) atoms. The molecular formula is C11H10Cl2F6N2. The molecule has 0 aliphatic heterocycles. The normalized spacial score (nSPS) is 14.6. The van der Waals surface area contributed by atoms with Crippen molar-refractivity contribution in [1.82, 2.24) is 5.43 Å². The van der Waals surface area contributed by atoms with E-state index in [0.717, 1.165) is 0 Å². The second-order valence-corrected chi connectivity index (χ2v) is 5.12. The Morgan fingerprint density at radius 3 is 2.00 bits per heavy atom. The van der Waals surface area contributed by atoms with Crippen molar-refractivity contribution in [2.75, 3.05) is 0 Å². The fourth-order valence-electron chi connectivity index (χ4n) is 1.85. The molecule has 120 valence electrons. The van der Waals surface area contributed by atoms with E-state index < -0.39 is 30.7 Å². The summed E-state index contributed by atoms with van der Waals surface area (Å²) in [6.45, 7) is 0. The fourth-order valence-corrected chi connectivity index (χ4v) is 2.24. The first-order valence-corrected chi connectivity index (χ1v) is 6.26. The maximum absolute atomic E-state index is 12.7. The molecule has 0 amide bonds. The summed E-state index contributed by atoms with van der Waals surface area (Å²) in [5, 5.41) is 0.142. The van der Waals surface area contributed by atoms with Gasteiger partial charge < -0.3 is 0 Å². The molecule has 0 bridgehead atoms. The Morgan fingerprint density at radius 2 is 1.57 bits per heavy atom. The van der Waals surface area contributed by atoms with Crippen molar-refractivity contribution in [2.24, 2.45) is 11.8 Å². The van der Waals surface area contributed by atoms with E-state index in [1.165, 1.54) is 18.2 Å². The minimum atomic E-state index is -5.50. The Bertz CT molecular complexity index is 475. The highest BCUT2D eigenvalue weighted by Crippen LogP contribution is 2.42. The van der Waals surface area contributed by atoms with E-state index in [1.807, 2.05) is 0 Å². The molecule has 1 rings (SSSR count). The average Bonchev–Trinajstić information content (AvgIpc) is 2.29. The van der Waals surface area contributed by atoms with Gasteiger partial charge in [0, 0.05) is 16.1 Å². The van der Waals surface area contributed by atoms with Crippen LogP contribution in [-0.2, 0) is 6.42 Å². The monoisotopic (exact) mass is 354 g/mol. The Hall–Kier alpha value is -0.700. The molecule has 1 aromatic carbocycles.